The Bertz CT molecular complexity index is 1070. The van der Waals surface area contributed by atoms with E-state index >= 15 is 0 Å². The minimum absolute atomic E-state index is 0.143. The van der Waals surface area contributed by atoms with Crippen molar-refractivity contribution in [1.29, 1.82) is 0 Å². The summed E-state index contributed by atoms with van der Waals surface area (Å²) in [6, 6.07) is 12.0. The summed E-state index contributed by atoms with van der Waals surface area (Å²) in [6.07, 6.45) is 3.28. The molecule has 1 aromatic heterocycles. The van der Waals surface area contributed by atoms with Gasteiger partial charge in [-0.15, -0.1) is 0 Å². The molecule has 3 aromatic rings. The average Bonchev–Trinajstić information content (AvgIpc) is 3.07. The van der Waals surface area contributed by atoms with Crippen LogP contribution in [0.25, 0.3) is 21.7 Å². The number of ether oxygens (including phenoxy) is 1. The Hall–Kier alpha value is -2.82. The maximum absolute atomic E-state index is 12.6. The number of nitrogens with one attached hydrogen (secondary N) is 1. The van der Waals surface area contributed by atoms with Gasteiger partial charge in [0, 0.05) is 22.4 Å². The molecule has 0 aliphatic heterocycles. The summed E-state index contributed by atoms with van der Waals surface area (Å²) in [7, 11) is 0. The second-order valence-electron chi connectivity index (χ2n) is 8.24. The molecule has 0 radical (unpaired) electrons. The van der Waals surface area contributed by atoms with Crippen LogP contribution in [-0.4, -0.2) is 24.5 Å². The number of furan rings is 1. The fraction of sp³-hybridized carbons (Fsp3) is 0.417. The molecular weight excluding hydrogens is 366 g/mol. The van der Waals surface area contributed by atoms with E-state index in [4.69, 9.17) is 9.15 Å². The molecule has 0 saturated heterocycles. The third-order valence-corrected chi connectivity index (χ3v) is 6.40. The molecule has 1 N–H and O–H groups in total. The zero-order valence-electron chi connectivity index (χ0n) is 17.2. The number of aryl methyl sites for hydroxylation is 1. The molecule has 1 fully saturated rings. The summed E-state index contributed by atoms with van der Waals surface area (Å²) in [5, 5.41) is 5.90. The first-order valence-corrected chi connectivity index (χ1v) is 10.3. The number of carbonyl (C=O) groups excluding carboxylic acids is 2. The van der Waals surface area contributed by atoms with E-state index in [1.807, 2.05) is 43.3 Å². The fourth-order valence-electron chi connectivity index (χ4n) is 4.37. The monoisotopic (exact) mass is 393 g/mol. The molecule has 152 valence electrons. The van der Waals surface area contributed by atoms with E-state index in [0.717, 1.165) is 34.6 Å². The Morgan fingerprint density at radius 3 is 2.72 bits per heavy atom. The van der Waals surface area contributed by atoms with E-state index in [9.17, 15) is 9.59 Å². The first kappa shape index (κ1) is 19.5. The highest BCUT2D eigenvalue weighted by Gasteiger charge is 2.28. The number of fused-ring (bicyclic) bond motifs is 3. The Labute approximate surface area is 170 Å². The van der Waals surface area contributed by atoms with Crippen molar-refractivity contribution < 1.29 is 18.7 Å². The molecular formula is C24H27NO4. The SMILES string of the molecule is Cc1c(C(=O)OCC(=O)N[C@@H]2CCC[C@@H](C)[C@@H]2C)oc2c1ccc1ccccc12. The summed E-state index contributed by atoms with van der Waals surface area (Å²) in [5.41, 5.74) is 1.40. The molecule has 1 saturated carbocycles. The van der Waals surface area contributed by atoms with Gasteiger partial charge in [0.1, 0.15) is 5.58 Å². The van der Waals surface area contributed by atoms with Crippen LogP contribution in [0.3, 0.4) is 0 Å². The van der Waals surface area contributed by atoms with Crippen molar-refractivity contribution in [2.45, 2.75) is 46.1 Å². The lowest BCUT2D eigenvalue weighted by molar-refractivity contribution is -0.125. The molecule has 4 rings (SSSR count). The van der Waals surface area contributed by atoms with E-state index < -0.39 is 5.97 Å². The maximum atomic E-state index is 12.6. The number of esters is 1. The summed E-state index contributed by atoms with van der Waals surface area (Å²) in [6.45, 7) is 5.93. The van der Waals surface area contributed by atoms with Gasteiger partial charge in [-0.1, -0.05) is 63.1 Å². The minimum atomic E-state index is -0.608. The third kappa shape index (κ3) is 3.74. The predicted octanol–water partition coefficient (Wildman–Crippen LogP) is 4.99. The standard InChI is InChI=1S/C24H27NO4/c1-14-7-6-10-20(15(14)2)25-21(26)13-28-24(27)22-16(3)18-12-11-17-8-4-5-9-19(17)23(18)29-22/h4-5,8-9,11-12,14-15,20H,6-7,10,13H2,1-3H3,(H,25,26)/t14-,15+,20-/m1/s1. The Kier molecular flexibility index (Phi) is 5.31. The zero-order valence-corrected chi connectivity index (χ0v) is 17.2. The zero-order chi connectivity index (χ0) is 20.5. The molecule has 2 aromatic carbocycles. The first-order chi connectivity index (χ1) is 14.0. The van der Waals surface area contributed by atoms with E-state index in [1.54, 1.807) is 0 Å². The molecule has 0 spiro atoms. The van der Waals surface area contributed by atoms with Crippen LogP contribution in [0, 0.1) is 18.8 Å². The minimum Gasteiger partial charge on any atom is -0.450 e. The van der Waals surface area contributed by atoms with Crippen LogP contribution >= 0.6 is 0 Å². The summed E-state index contributed by atoms with van der Waals surface area (Å²) < 4.78 is 11.2. The van der Waals surface area contributed by atoms with Crippen molar-refractivity contribution in [3.63, 3.8) is 0 Å². The summed E-state index contributed by atoms with van der Waals surface area (Å²) in [4.78, 5) is 24.9. The van der Waals surface area contributed by atoms with Gasteiger partial charge in [0.15, 0.2) is 6.61 Å². The highest BCUT2D eigenvalue weighted by atomic mass is 16.5. The molecule has 0 bridgehead atoms. The van der Waals surface area contributed by atoms with Gasteiger partial charge in [-0.2, -0.15) is 0 Å². The first-order valence-electron chi connectivity index (χ1n) is 10.3. The Morgan fingerprint density at radius 1 is 1.10 bits per heavy atom. The largest absolute Gasteiger partial charge is 0.450 e. The van der Waals surface area contributed by atoms with E-state index in [0.29, 0.717) is 17.4 Å². The third-order valence-electron chi connectivity index (χ3n) is 6.40. The van der Waals surface area contributed by atoms with Gasteiger partial charge in [-0.3, -0.25) is 4.79 Å². The van der Waals surface area contributed by atoms with E-state index in [1.165, 1.54) is 6.42 Å². The molecule has 0 unspecified atom stereocenters. The average molecular weight is 393 g/mol. The van der Waals surface area contributed by atoms with Crippen LogP contribution in [0.15, 0.2) is 40.8 Å². The Balaban J connectivity index is 1.46. The number of carbonyl (C=O) groups is 2. The van der Waals surface area contributed by atoms with Crippen molar-refractivity contribution in [3.05, 3.63) is 47.7 Å². The van der Waals surface area contributed by atoms with Crippen LogP contribution < -0.4 is 5.32 Å². The number of amides is 1. The topological polar surface area (TPSA) is 68.5 Å². The van der Waals surface area contributed by atoms with Crippen molar-refractivity contribution in [3.8, 4) is 0 Å². The van der Waals surface area contributed by atoms with Crippen LogP contribution in [0.5, 0.6) is 0 Å². The lowest BCUT2D eigenvalue weighted by Crippen LogP contribution is -2.45. The maximum Gasteiger partial charge on any atom is 0.375 e. The second-order valence-corrected chi connectivity index (χ2v) is 8.24. The molecule has 1 aliphatic rings. The lowest BCUT2D eigenvalue weighted by atomic mass is 9.78. The number of rotatable bonds is 4. The molecule has 1 aliphatic carbocycles. The molecule has 3 atom stereocenters. The molecule has 1 amide bonds. The smallest absolute Gasteiger partial charge is 0.375 e. The van der Waals surface area contributed by atoms with Crippen molar-refractivity contribution >= 4 is 33.6 Å². The lowest BCUT2D eigenvalue weighted by Gasteiger charge is -2.34. The fourth-order valence-corrected chi connectivity index (χ4v) is 4.37. The number of hydrogen-bond donors (Lipinski definition) is 1. The van der Waals surface area contributed by atoms with Gasteiger partial charge in [0.2, 0.25) is 5.76 Å². The van der Waals surface area contributed by atoms with Gasteiger partial charge in [0.25, 0.3) is 5.91 Å². The molecule has 5 heteroatoms. The van der Waals surface area contributed by atoms with Gasteiger partial charge < -0.3 is 14.5 Å². The van der Waals surface area contributed by atoms with Crippen LogP contribution in [0.2, 0.25) is 0 Å². The summed E-state index contributed by atoms with van der Waals surface area (Å²) >= 11 is 0. The number of hydrogen-bond acceptors (Lipinski definition) is 4. The normalized spacial score (nSPS) is 22.0. The highest BCUT2D eigenvalue weighted by molar-refractivity contribution is 6.08. The summed E-state index contributed by atoms with van der Waals surface area (Å²) in [5.74, 6) is 0.300. The predicted molar refractivity (Wildman–Crippen MR) is 113 cm³/mol. The van der Waals surface area contributed by atoms with Gasteiger partial charge in [0.05, 0.1) is 0 Å². The van der Waals surface area contributed by atoms with Gasteiger partial charge in [-0.05, 0) is 30.6 Å². The molecule has 5 nitrogen and oxygen atoms in total. The van der Waals surface area contributed by atoms with E-state index in [-0.39, 0.29) is 24.3 Å². The molecule has 29 heavy (non-hydrogen) atoms. The highest BCUT2D eigenvalue weighted by Crippen LogP contribution is 2.32. The van der Waals surface area contributed by atoms with Crippen molar-refractivity contribution in [2.75, 3.05) is 6.61 Å². The second kappa shape index (κ2) is 7.90. The van der Waals surface area contributed by atoms with Crippen LogP contribution in [0.1, 0.15) is 49.2 Å². The van der Waals surface area contributed by atoms with E-state index in [2.05, 4.69) is 19.2 Å². The molecule has 1 heterocycles. The number of benzene rings is 2. The van der Waals surface area contributed by atoms with Crippen molar-refractivity contribution in [1.82, 2.24) is 5.32 Å². The quantitative estimate of drug-likeness (QED) is 0.634. The van der Waals surface area contributed by atoms with Crippen LogP contribution in [-0.2, 0) is 9.53 Å². The van der Waals surface area contributed by atoms with Gasteiger partial charge in [-0.25, -0.2) is 4.79 Å². The Morgan fingerprint density at radius 2 is 1.90 bits per heavy atom. The van der Waals surface area contributed by atoms with Crippen LogP contribution in [0.4, 0.5) is 0 Å². The van der Waals surface area contributed by atoms with Gasteiger partial charge >= 0.3 is 5.97 Å². The van der Waals surface area contributed by atoms with Crippen molar-refractivity contribution in [2.24, 2.45) is 11.8 Å².